The summed E-state index contributed by atoms with van der Waals surface area (Å²) in [4.78, 5) is 12.0. The molecule has 0 aliphatic rings. The summed E-state index contributed by atoms with van der Waals surface area (Å²) in [6.45, 7) is 4.42. The fourth-order valence-corrected chi connectivity index (χ4v) is 2.13. The second-order valence-electron chi connectivity index (χ2n) is 5.27. The van der Waals surface area contributed by atoms with E-state index in [-0.39, 0.29) is 5.78 Å². The number of ketones is 1. The fraction of sp³-hybridized carbons (Fsp3) is 0.190. The summed E-state index contributed by atoms with van der Waals surface area (Å²) in [5.41, 5.74) is 1.68. The minimum absolute atomic E-state index is 0.00754. The molecule has 0 unspecified atom stereocenters. The Labute approximate surface area is 138 Å². The minimum Gasteiger partial charge on any atom is -0.494 e. The molecule has 0 fully saturated rings. The number of carbonyl (C=O) groups excluding carboxylic acids is 1. The first-order valence-electron chi connectivity index (χ1n) is 7.91. The van der Waals surface area contributed by atoms with Gasteiger partial charge in [0.1, 0.15) is 5.75 Å². The number of allylic oxidation sites excluding steroid dienone is 2. The Kier molecular flexibility index (Phi) is 6.86. The Morgan fingerprint density at radius 3 is 2.43 bits per heavy atom. The Morgan fingerprint density at radius 2 is 1.74 bits per heavy atom. The molecule has 118 valence electrons. The van der Waals surface area contributed by atoms with E-state index in [1.165, 1.54) is 0 Å². The summed E-state index contributed by atoms with van der Waals surface area (Å²) in [5.74, 6) is 0.864. The van der Waals surface area contributed by atoms with Gasteiger partial charge in [-0.2, -0.15) is 0 Å². The number of hydrogen-bond donors (Lipinski definition) is 0. The molecule has 0 aromatic heterocycles. The van der Waals surface area contributed by atoms with Gasteiger partial charge < -0.3 is 4.74 Å². The molecule has 2 rings (SSSR count). The van der Waals surface area contributed by atoms with E-state index in [2.05, 4.69) is 6.58 Å². The summed E-state index contributed by atoms with van der Waals surface area (Å²) in [7, 11) is 0. The lowest BCUT2D eigenvalue weighted by atomic mass is 10.1. The summed E-state index contributed by atoms with van der Waals surface area (Å²) < 4.78 is 5.68. The highest BCUT2D eigenvalue weighted by molar-refractivity contribution is 6.06. The highest BCUT2D eigenvalue weighted by atomic mass is 16.5. The van der Waals surface area contributed by atoms with Gasteiger partial charge in [-0.1, -0.05) is 54.6 Å². The lowest BCUT2D eigenvalue weighted by Crippen LogP contribution is -1.96. The van der Waals surface area contributed by atoms with Crippen molar-refractivity contribution in [1.29, 1.82) is 0 Å². The van der Waals surface area contributed by atoms with Crippen molar-refractivity contribution in [2.45, 2.75) is 19.3 Å². The smallest absolute Gasteiger partial charge is 0.185 e. The first-order valence-corrected chi connectivity index (χ1v) is 7.91. The van der Waals surface area contributed by atoms with E-state index in [0.29, 0.717) is 5.56 Å². The number of hydrogen-bond acceptors (Lipinski definition) is 2. The van der Waals surface area contributed by atoms with Gasteiger partial charge in [0.25, 0.3) is 0 Å². The summed E-state index contributed by atoms with van der Waals surface area (Å²) in [6, 6.07) is 17.0. The summed E-state index contributed by atoms with van der Waals surface area (Å²) >= 11 is 0. The Morgan fingerprint density at radius 1 is 1.00 bits per heavy atom. The van der Waals surface area contributed by atoms with Crippen molar-refractivity contribution in [3.8, 4) is 5.75 Å². The molecule has 0 atom stereocenters. The minimum atomic E-state index is 0.00754. The van der Waals surface area contributed by atoms with Crippen LogP contribution >= 0.6 is 0 Å². The standard InChI is InChI=1S/C21H22O2/c1-2-3-4-8-17-23-20-14-11-18(12-15-20)13-16-21(22)19-9-6-5-7-10-19/h2,5-7,9-16H,1,3-4,8,17H2. The van der Waals surface area contributed by atoms with Gasteiger partial charge in [0.15, 0.2) is 5.78 Å². The zero-order valence-corrected chi connectivity index (χ0v) is 13.3. The predicted molar refractivity (Wildman–Crippen MR) is 95.8 cm³/mol. The third-order valence-corrected chi connectivity index (χ3v) is 3.44. The van der Waals surface area contributed by atoms with E-state index in [9.17, 15) is 4.79 Å². The molecular weight excluding hydrogens is 284 g/mol. The van der Waals surface area contributed by atoms with Crippen LogP contribution in [0.1, 0.15) is 35.2 Å². The van der Waals surface area contributed by atoms with Crippen molar-refractivity contribution in [3.05, 3.63) is 84.5 Å². The molecule has 0 spiro atoms. The quantitative estimate of drug-likeness (QED) is 0.271. The maximum Gasteiger partial charge on any atom is 0.185 e. The van der Waals surface area contributed by atoms with E-state index in [1.54, 1.807) is 6.08 Å². The number of ether oxygens (including phenoxy) is 1. The number of rotatable bonds is 9. The summed E-state index contributed by atoms with van der Waals surface area (Å²) in [5, 5.41) is 0. The molecule has 2 aromatic rings. The van der Waals surface area contributed by atoms with Crippen molar-refractivity contribution >= 4 is 11.9 Å². The van der Waals surface area contributed by atoms with Crippen molar-refractivity contribution in [3.63, 3.8) is 0 Å². The number of benzene rings is 2. The monoisotopic (exact) mass is 306 g/mol. The van der Waals surface area contributed by atoms with Crippen LogP contribution < -0.4 is 4.74 Å². The number of unbranched alkanes of at least 4 members (excludes halogenated alkanes) is 2. The Hall–Kier alpha value is -2.61. The van der Waals surface area contributed by atoms with Crippen LogP contribution in [0.3, 0.4) is 0 Å². The molecule has 0 N–H and O–H groups in total. The van der Waals surface area contributed by atoms with Gasteiger partial charge in [-0.15, -0.1) is 6.58 Å². The second-order valence-corrected chi connectivity index (χ2v) is 5.27. The molecule has 0 amide bonds. The van der Waals surface area contributed by atoms with Gasteiger partial charge in [-0.25, -0.2) is 0 Å². The van der Waals surface area contributed by atoms with Crippen molar-refractivity contribution in [1.82, 2.24) is 0 Å². The van der Waals surface area contributed by atoms with Crippen LogP contribution in [0.4, 0.5) is 0 Å². The van der Waals surface area contributed by atoms with Crippen LogP contribution in [0.15, 0.2) is 73.3 Å². The Bertz CT molecular complexity index is 639. The topological polar surface area (TPSA) is 26.3 Å². The zero-order valence-electron chi connectivity index (χ0n) is 13.3. The SMILES string of the molecule is C=CCCCCOc1ccc(C=CC(=O)c2ccccc2)cc1. The first kappa shape index (κ1) is 16.8. The zero-order chi connectivity index (χ0) is 16.3. The molecule has 2 aromatic carbocycles. The van der Waals surface area contributed by atoms with Gasteiger partial charge in [-0.3, -0.25) is 4.79 Å². The highest BCUT2D eigenvalue weighted by Crippen LogP contribution is 2.14. The van der Waals surface area contributed by atoms with Crippen molar-refractivity contribution in [2.75, 3.05) is 6.61 Å². The van der Waals surface area contributed by atoms with Crippen LogP contribution in [-0.4, -0.2) is 12.4 Å². The van der Waals surface area contributed by atoms with Gasteiger partial charge in [-0.05, 0) is 43.0 Å². The third-order valence-electron chi connectivity index (χ3n) is 3.44. The second kappa shape index (κ2) is 9.42. The van der Waals surface area contributed by atoms with Gasteiger partial charge >= 0.3 is 0 Å². The number of carbonyl (C=O) groups is 1. The molecule has 0 aliphatic heterocycles. The third kappa shape index (κ3) is 5.95. The van der Waals surface area contributed by atoms with Crippen LogP contribution in [0.5, 0.6) is 5.75 Å². The van der Waals surface area contributed by atoms with E-state index < -0.39 is 0 Å². The molecule has 0 heterocycles. The molecule has 2 heteroatoms. The molecule has 0 saturated heterocycles. The molecule has 0 radical (unpaired) electrons. The normalized spacial score (nSPS) is 10.6. The first-order chi connectivity index (χ1) is 11.3. The highest BCUT2D eigenvalue weighted by Gasteiger charge is 1.99. The van der Waals surface area contributed by atoms with Gasteiger partial charge in [0.05, 0.1) is 6.61 Å². The lowest BCUT2D eigenvalue weighted by Gasteiger charge is -2.05. The average molecular weight is 306 g/mol. The molecule has 0 bridgehead atoms. The maximum atomic E-state index is 12.0. The molecular formula is C21H22O2. The van der Waals surface area contributed by atoms with E-state index in [0.717, 1.165) is 37.2 Å². The average Bonchev–Trinajstić information content (AvgIpc) is 2.61. The molecule has 23 heavy (non-hydrogen) atoms. The molecule has 2 nitrogen and oxygen atoms in total. The Balaban J connectivity index is 1.83. The van der Waals surface area contributed by atoms with Gasteiger partial charge in [0.2, 0.25) is 0 Å². The van der Waals surface area contributed by atoms with Crippen LogP contribution in [0.25, 0.3) is 6.08 Å². The van der Waals surface area contributed by atoms with Crippen molar-refractivity contribution < 1.29 is 9.53 Å². The predicted octanol–water partition coefficient (Wildman–Crippen LogP) is 5.32. The fourth-order valence-electron chi connectivity index (χ4n) is 2.13. The van der Waals surface area contributed by atoms with Crippen LogP contribution in [-0.2, 0) is 0 Å². The van der Waals surface area contributed by atoms with Crippen LogP contribution in [0, 0.1) is 0 Å². The summed E-state index contributed by atoms with van der Waals surface area (Å²) in [6.07, 6.45) is 8.51. The van der Waals surface area contributed by atoms with E-state index in [4.69, 9.17) is 4.74 Å². The molecule has 0 aliphatic carbocycles. The van der Waals surface area contributed by atoms with E-state index >= 15 is 0 Å². The van der Waals surface area contributed by atoms with Crippen molar-refractivity contribution in [2.24, 2.45) is 0 Å². The maximum absolute atomic E-state index is 12.0. The van der Waals surface area contributed by atoms with Crippen LogP contribution in [0.2, 0.25) is 0 Å². The largest absolute Gasteiger partial charge is 0.494 e. The van der Waals surface area contributed by atoms with Gasteiger partial charge in [0, 0.05) is 5.56 Å². The lowest BCUT2D eigenvalue weighted by molar-refractivity contribution is 0.104. The van der Waals surface area contributed by atoms with E-state index in [1.807, 2.05) is 66.7 Å². The molecule has 0 saturated carbocycles.